The maximum Gasteiger partial charge on any atom is 0.0248 e. The largest absolute Gasteiger partial charge is 0.315 e. The van der Waals surface area contributed by atoms with Crippen LogP contribution in [0.4, 0.5) is 0 Å². The van der Waals surface area contributed by atoms with E-state index in [1.807, 2.05) is 0 Å². The van der Waals surface area contributed by atoms with Crippen molar-refractivity contribution in [2.24, 2.45) is 0 Å². The number of likely N-dealkylation sites (N-methyl/N-ethyl adjacent to an activating group) is 2. The van der Waals surface area contributed by atoms with Gasteiger partial charge in [-0.05, 0) is 33.0 Å². The summed E-state index contributed by atoms with van der Waals surface area (Å²) in [6.07, 6.45) is 6.99. The fraction of sp³-hybridized carbons (Fsp3) is 1.00. The predicted molar refractivity (Wildman–Crippen MR) is 62.6 cm³/mol. The Hall–Kier alpha value is -0.0800. The van der Waals surface area contributed by atoms with Crippen molar-refractivity contribution in [2.45, 2.75) is 58.0 Å². The van der Waals surface area contributed by atoms with Crippen LogP contribution in [0.1, 0.15) is 46.0 Å². The highest BCUT2D eigenvalue weighted by Crippen LogP contribution is 2.22. The van der Waals surface area contributed by atoms with E-state index in [2.05, 4.69) is 31.1 Å². The van der Waals surface area contributed by atoms with Gasteiger partial charge in [0.05, 0.1) is 0 Å². The van der Waals surface area contributed by atoms with Gasteiger partial charge in [-0.25, -0.2) is 0 Å². The van der Waals surface area contributed by atoms with Crippen LogP contribution >= 0.6 is 0 Å². The van der Waals surface area contributed by atoms with Crippen molar-refractivity contribution in [1.82, 2.24) is 10.2 Å². The molecular weight excluding hydrogens is 172 g/mol. The molecule has 2 atom stereocenters. The summed E-state index contributed by atoms with van der Waals surface area (Å²) in [5.41, 5.74) is 0. The summed E-state index contributed by atoms with van der Waals surface area (Å²) in [4.78, 5) is 2.62. The van der Waals surface area contributed by atoms with Gasteiger partial charge in [0.25, 0.3) is 0 Å². The first kappa shape index (κ1) is 12.0. The minimum Gasteiger partial charge on any atom is -0.315 e. The molecule has 1 N–H and O–H groups in total. The van der Waals surface area contributed by atoms with Crippen molar-refractivity contribution in [3.8, 4) is 0 Å². The van der Waals surface area contributed by atoms with E-state index >= 15 is 0 Å². The molecule has 1 aliphatic carbocycles. The van der Waals surface area contributed by atoms with E-state index in [1.54, 1.807) is 0 Å². The summed E-state index contributed by atoms with van der Waals surface area (Å²) >= 11 is 0. The van der Waals surface area contributed by atoms with Crippen LogP contribution in [-0.4, -0.2) is 37.1 Å². The van der Waals surface area contributed by atoms with Crippen LogP contribution in [0.5, 0.6) is 0 Å². The molecule has 1 rings (SSSR count). The van der Waals surface area contributed by atoms with E-state index < -0.39 is 0 Å². The lowest BCUT2D eigenvalue weighted by Crippen LogP contribution is -2.48. The molecule has 0 aromatic rings. The Morgan fingerprint density at radius 3 is 2.29 bits per heavy atom. The molecule has 0 saturated heterocycles. The molecule has 0 heterocycles. The van der Waals surface area contributed by atoms with E-state index in [-0.39, 0.29) is 0 Å². The van der Waals surface area contributed by atoms with Crippen LogP contribution in [0, 0.1) is 0 Å². The number of nitrogens with zero attached hydrogens (tertiary/aromatic N) is 1. The summed E-state index contributed by atoms with van der Waals surface area (Å²) in [6, 6.07) is 1.50. The summed E-state index contributed by atoms with van der Waals surface area (Å²) in [7, 11) is 2.12. The van der Waals surface area contributed by atoms with Crippen LogP contribution in [0.25, 0.3) is 0 Å². The van der Waals surface area contributed by atoms with Gasteiger partial charge in [0.2, 0.25) is 0 Å². The first-order valence-electron chi connectivity index (χ1n) is 6.24. The van der Waals surface area contributed by atoms with Gasteiger partial charge in [0, 0.05) is 12.1 Å². The quantitative estimate of drug-likeness (QED) is 0.697. The maximum absolute atomic E-state index is 3.50. The third kappa shape index (κ3) is 2.96. The molecule has 2 nitrogen and oxygen atoms in total. The summed E-state index contributed by atoms with van der Waals surface area (Å²) in [5, 5.41) is 3.50. The number of nitrogens with one attached hydrogen (secondary N) is 1. The molecule has 0 bridgehead atoms. The zero-order valence-electron chi connectivity index (χ0n) is 10.1. The predicted octanol–water partition coefficient (Wildman–Crippen LogP) is 2.25. The minimum absolute atomic E-state index is 0.720. The van der Waals surface area contributed by atoms with Gasteiger partial charge in [-0.3, -0.25) is 4.90 Å². The van der Waals surface area contributed by atoms with Gasteiger partial charge in [0.1, 0.15) is 0 Å². The molecule has 1 fully saturated rings. The average Bonchev–Trinajstić information content (AvgIpc) is 2.45. The van der Waals surface area contributed by atoms with Crippen molar-refractivity contribution in [3.63, 3.8) is 0 Å². The minimum atomic E-state index is 0.720. The smallest absolute Gasteiger partial charge is 0.0248 e. The van der Waals surface area contributed by atoms with Crippen LogP contribution in [0.2, 0.25) is 0 Å². The highest BCUT2D eigenvalue weighted by atomic mass is 15.2. The SMILES string of the molecule is CCN(CC)C1CCCCCC1NC. The summed E-state index contributed by atoms with van der Waals surface area (Å²) in [6.45, 7) is 6.95. The molecule has 2 unspecified atom stereocenters. The van der Waals surface area contributed by atoms with Crippen LogP contribution < -0.4 is 5.32 Å². The van der Waals surface area contributed by atoms with Crippen molar-refractivity contribution in [3.05, 3.63) is 0 Å². The molecule has 2 heteroatoms. The van der Waals surface area contributed by atoms with Crippen molar-refractivity contribution in [2.75, 3.05) is 20.1 Å². The average molecular weight is 198 g/mol. The lowest BCUT2D eigenvalue weighted by Gasteiger charge is -2.34. The van der Waals surface area contributed by atoms with E-state index in [0.29, 0.717) is 0 Å². The molecule has 1 saturated carbocycles. The van der Waals surface area contributed by atoms with Crippen LogP contribution in [0.15, 0.2) is 0 Å². The second-order valence-corrected chi connectivity index (χ2v) is 4.32. The normalized spacial score (nSPS) is 29.1. The van der Waals surface area contributed by atoms with Crippen LogP contribution in [0.3, 0.4) is 0 Å². The Bertz CT molecular complexity index is 143. The Morgan fingerprint density at radius 1 is 1.07 bits per heavy atom. The molecule has 14 heavy (non-hydrogen) atoms. The zero-order valence-corrected chi connectivity index (χ0v) is 10.1. The van der Waals surface area contributed by atoms with Gasteiger partial charge < -0.3 is 5.32 Å². The summed E-state index contributed by atoms with van der Waals surface area (Å²) < 4.78 is 0. The second-order valence-electron chi connectivity index (χ2n) is 4.32. The molecule has 0 spiro atoms. The van der Waals surface area contributed by atoms with Gasteiger partial charge in [0.15, 0.2) is 0 Å². The van der Waals surface area contributed by atoms with E-state index in [4.69, 9.17) is 0 Å². The highest BCUT2D eigenvalue weighted by molar-refractivity contribution is 4.85. The van der Waals surface area contributed by atoms with E-state index in [0.717, 1.165) is 12.1 Å². The Kier molecular flexibility index (Phi) is 5.49. The molecule has 0 amide bonds. The lowest BCUT2D eigenvalue weighted by molar-refractivity contribution is 0.166. The Balaban J connectivity index is 2.58. The third-order valence-corrected chi connectivity index (χ3v) is 3.63. The second kappa shape index (κ2) is 6.41. The van der Waals surface area contributed by atoms with Crippen LogP contribution in [-0.2, 0) is 0 Å². The van der Waals surface area contributed by atoms with E-state index in [1.165, 1.54) is 45.2 Å². The fourth-order valence-electron chi connectivity index (χ4n) is 2.75. The molecule has 0 aliphatic heterocycles. The lowest BCUT2D eigenvalue weighted by atomic mass is 10.0. The molecule has 0 radical (unpaired) electrons. The standard InChI is InChI=1S/C12H26N2/c1-4-14(5-2)12-10-8-6-7-9-11(12)13-3/h11-13H,4-10H2,1-3H3. The first-order chi connectivity index (χ1) is 6.83. The number of hydrogen-bond donors (Lipinski definition) is 1. The zero-order chi connectivity index (χ0) is 10.4. The third-order valence-electron chi connectivity index (χ3n) is 3.63. The van der Waals surface area contributed by atoms with E-state index in [9.17, 15) is 0 Å². The van der Waals surface area contributed by atoms with Crippen molar-refractivity contribution in [1.29, 1.82) is 0 Å². The molecule has 0 aromatic heterocycles. The topological polar surface area (TPSA) is 15.3 Å². The number of rotatable bonds is 4. The van der Waals surface area contributed by atoms with Gasteiger partial charge in [-0.2, -0.15) is 0 Å². The number of hydrogen-bond acceptors (Lipinski definition) is 2. The Morgan fingerprint density at radius 2 is 1.71 bits per heavy atom. The molecule has 84 valence electrons. The summed E-state index contributed by atoms with van der Waals surface area (Å²) in [5.74, 6) is 0. The maximum atomic E-state index is 3.50. The van der Waals surface area contributed by atoms with Crippen molar-refractivity contribution >= 4 is 0 Å². The highest BCUT2D eigenvalue weighted by Gasteiger charge is 2.25. The molecule has 0 aromatic carbocycles. The molecular formula is C12H26N2. The fourth-order valence-corrected chi connectivity index (χ4v) is 2.75. The molecule has 1 aliphatic rings. The van der Waals surface area contributed by atoms with Gasteiger partial charge >= 0.3 is 0 Å². The van der Waals surface area contributed by atoms with Crippen molar-refractivity contribution < 1.29 is 0 Å². The first-order valence-corrected chi connectivity index (χ1v) is 6.24. The monoisotopic (exact) mass is 198 g/mol. The van der Waals surface area contributed by atoms with Gasteiger partial charge in [-0.1, -0.05) is 33.1 Å². The van der Waals surface area contributed by atoms with Gasteiger partial charge in [-0.15, -0.1) is 0 Å². The Labute approximate surface area is 89.1 Å².